The van der Waals surface area contributed by atoms with Gasteiger partial charge in [0.05, 0.1) is 5.37 Å². The van der Waals surface area contributed by atoms with Crippen LogP contribution in [0, 0.1) is 5.41 Å². The third kappa shape index (κ3) is 3.84. The highest BCUT2D eigenvalue weighted by molar-refractivity contribution is 8.00. The first-order chi connectivity index (χ1) is 9.84. The second-order valence-electron chi connectivity index (χ2n) is 6.89. The molecule has 3 unspecified atom stereocenters. The summed E-state index contributed by atoms with van der Waals surface area (Å²) in [6.45, 7) is 6.49. The van der Waals surface area contributed by atoms with Crippen LogP contribution >= 0.6 is 11.8 Å². The zero-order chi connectivity index (χ0) is 15.6. The summed E-state index contributed by atoms with van der Waals surface area (Å²) >= 11 is 1.58. The van der Waals surface area contributed by atoms with Crippen molar-refractivity contribution >= 4 is 23.8 Å². The van der Waals surface area contributed by atoms with Gasteiger partial charge in [-0.15, -0.1) is 11.8 Å². The van der Waals surface area contributed by atoms with E-state index in [-0.39, 0.29) is 22.9 Å². The summed E-state index contributed by atoms with van der Waals surface area (Å²) in [7, 11) is 0. The molecule has 5 nitrogen and oxygen atoms in total. The number of carboxylic acids is 1. The summed E-state index contributed by atoms with van der Waals surface area (Å²) in [5, 5.41) is 12.4. The van der Waals surface area contributed by atoms with Gasteiger partial charge in [-0.25, -0.2) is 9.59 Å². The van der Waals surface area contributed by atoms with Crippen molar-refractivity contribution in [3.05, 3.63) is 0 Å². The highest BCUT2D eigenvalue weighted by Crippen LogP contribution is 2.38. The van der Waals surface area contributed by atoms with Crippen molar-refractivity contribution in [2.24, 2.45) is 5.41 Å². The number of rotatable bonds is 4. The minimum Gasteiger partial charge on any atom is -0.480 e. The van der Waals surface area contributed by atoms with E-state index in [0.29, 0.717) is 5.75 Å². The first kappa shape index (κ1) is 16.5. The number of carbonyl (C=O) groups is 2. The van der Waals surface area contributed by atoms with E-state index in [1.807, 2.05) is 0 Å². The predicted octanol–water partition coefficient (Wildman–Crippen LogP) is 2.90. The maximum atomic E-state index is 12.6. The molecule has 21 heavy (non-hydrogen) atoms. The van der Waals surface area contributed by atoms with Gasteiger partial charge in [-0.05, 0) is 31.1 Å². The first-order valence-corrected chi connectivity index (χ1v) is 8.82. The zero-order valence-corrected chi connectivity index (χ0v) is 13.9. The molecule has 3 atom stereocenters. The number of nitrogens with zero attached hydrogens (tertiary/aromatic N) is 1. The molecule has 2 rings (SSSR count). The normalized spacial score (nSPS) is 31.4. The van der Waals surface area contributed by atoms with Crippen molar-refractivity contribution in [3.63, 3.8) is 0 Å². The van der Waals surface area contributed by atoms with E-state index in [2.05, 4.69) is 26.1 Å². The molecule has 1 saturated carbocycles. The molecular weight excluding hydrogens is 288 g/mol. The molecule has 0 spiro atoms. The van der Waals surface area contributed by atoms with Crippen LogP contribution in [-0.4, -0.2) is 45.2 Å². The number of thioether (sulfide) groups is 1. The topological polar surface area (TPSA) is 69.6 Å². The summed E-state index contributed by atoms with van der Waals surface area (Å²) in [6, 6.07) is -0.718. The minimum absolute atomic E-state index is 0.00878. The van der Waals surface area contributed by atoms with Crippen molar-refractivity contribution in [1.82, 2.24) is 10.2 Å². The van der Waals surface area contributed by atoms with E-state index in [1.54, 1.807) is 16.7 Å². The van der Waals surface area contributed by atoms with Crippen LogP contribution in [0.2, 0.25) is 0 Å². The monoisotopic (exact) mass is 314 g/mol. The predicted molar refractivity (Wildman–Crippen MR) is 84.4 cm³/mol. The second-order valence-corrected chi connectivity index (χ2v) is 8.10. The van der Waals surface area contributed by atoms with E-state index in [1.165, 1.54) is 0 Å². The average Bonchev–Trinajstić information content (AvgIpc) is 2.93. The van der Waals surface area contributed by atoms with E-state index in [4.69, 9.17) is 0 Å². The Bertz CT molecular complexity index is 414. The van der Waals surface area contributed by atoms with Gasteiger partial charge in [0, 0.05) is 11.8 Å². The molecule has 0 aromatic heterocycles. The van der Waals surface area contributed by atoms with Crippen molar-refractivity contribution in [2.75, 3.05) is 5.75 Å². The second kappa shape index (κ2) is 6.46. The number of hydrogen-bond donors (Lipinski definition) is 2. The van der Waals surface area contributed by atoms with Crippen LogP contribution in [0.25, 0.3) is 0 Å². The molecule has 1 aliphatic carbocycles. The van der Waals surface area contributed by atoms with Gasteiger partial charge in [0.2, 0.25) is 0 Å². The molecule has 120 valence electrons. The summed E-state index contributed by atoms with van der Waals surface area (Å²) < 4.78 is 0. The van der Waals surface area contributed by atoms with Crippen molar-refractivity contribution in [3.8, 4) is 0 Å². The Balaban J connectivity index is 2.01. The van der Waals surface area contributed by atoms with Crippen LogP contribution in [-0.2, 0) is 4.79 Å². The SMILES string of the molecule is CCCC1SCC(C(=O)O)N1C(=O)NC1CCC(C)(C)C1. The summed E-state index contributed by atoms with van der Waals surface area (Å²) in [5.41, 5.74) is 0.271. The van der Waals surface area contributed by atoms with Crippen LogP contribution in [0.1, 0.15) is 52.9 Å². The fourth-order valence-electron chi connectivity index (χ4n) is 3.30. The number of carbonyl (C=O) groups excluding carboxylic acids is 1. The quantitative estimate of drug-likeness (QED) is 0.837. The van der Waals surface area contributed by atoms with Gasteiger partial charge in [0.15, 0.2) is 0 Å². The number of carboxylic acid groups (broad SMARTS) is 1. The molecule has 2 aliphatic rings. The molecule has 6 heteroatoms. The highest BCUT2D eigenvalue weighted by atomic mass is 32.2. The number of hydrogen-bond acceptors (Lipinski definition) is 3. The molecule has 2 N–H and O–H groups in total. The molecule has 1 saturated heterocycles. The molecule has 0 aromatic carbocycles. The van der Waals surface area contributed by atoms with E-state index in [0.717, 1.165) is 32.1 Å². The molecule has 2 amide bonds. The van der Waals surface area contributed by atoms with Gasteiger partial charge >= 0.3 is 12.0 Å². The molecule has 0 bridgehead atoms. The Morgan fingerprint density at radius 1 is 1.43 bits per heavy atom. The Kier molecular flexibility index (Phi) is 5.07. The van der Waals surface area contributed by atoms with Gasteiger partial charge in [0.25, 0.3) is 0 Å². The van der Waals surface area contributed by atoms with E-state index < -0.39 is 12.0 Å². The summed E-state index contributed by atoms with van der Waals surface area (Å²) in [6.07, 6.45) is 4.85. The lowest BCUT2D eigenvalue weighted by molar-refractivity contribution is -0.141. The van der Waals surface area contributed by atoms with Crippen LogP contribution in [0.4, 0.5) is 4.79 Å². The summed E-state index contributed by atoms with van der Waals surface area (Å²) in [4.78, 5) is 25.5. The van der Waals surface area contributed by atoms with Gasteiger partial charge in [0.1, 0.15) is 6.04 Å². The lowest BCUT2D eigenvalue weighted by atomic mass is 9.92. The van der Waals surface area contributed by atoms with Crippen molar-refractivity contribution < 1.29 is 14.7 Å². The van der Waals surface area contributed by atoms with Crippen molar-refractivity contribution in [2.45, 2.75) is 70.3 Å². The Morgan fingerprint density at radius 3 is 2.67 bits per heavy atom. The van der Waals surface area contributed by atoms with E-state index in [9.17, 15) is 14.7 Å². The molecule has 1 aliphatic heterocycles. The number of nitrogens with one attached hydrogen (secondary N) is 1. The maximum absolute atomic E-state index is 12.6. The fourth-order valence-corrected chi connectivity index (χ4v) is 4.82. The molecule has 0 radical (unpaired) electrons. The van der Waals surface area contributed by atoms with Gasteiger partial charge in [-0.3, -0.25) is 4.90 Å². The number of urea groups is 1. The number of aliphatic carboxylic acids is 1. The molecular formula is C15H26N2O3S. The highest BCUT2D eigenvalue weighted by Gasteiger charge is 2.42. The lowest BCUT2D eigenvalue weighted by Gasteiger charge is -2.29. The van der Waals surface area contributed by atoms with Gasteiger partial charge in [-0.2, -0.15) is 0 Å². The maximum Gasteiger partial charge on any atom is 0.327 e. The third-order valence-electron chi connectivity index (χ3n) is 4.44. The first-order valence-electron chi connectivity index (χ1n) is 7.77. The molecule has 2 fully saturated rings. The van der Waals surface area contributed by atoms with Gasteiger partial charge in [-0.1, -0.05) is 27.2 Å². The number of amides is 2. The lowest BCUT2D eigenvalue weighted by Crippen LogP contribution is -2.52. The van der Waals surface area contributed by atoms with E-state index >= 15 is 0 Å². The Labute approximate surface area is 130 Å². The average molecular weight is 314 g/mol. The van der Waals surface area contributed by atoms with Gasteiger partial charge < -0.3 is 10.4 Å². The minimum atomic E-state index is -0.900. The standard InChI is InChI=1S/C15H26N2O3S/c1-4-5-12-17(11(9-21-12)13(18)19)14(20)16-10-6-7-15(2,3)8-10/h10-12H,4-9H2,1-3H3,(H,16,20)(H,18,19). The van der Waals surface area contributed by atoms with Crippen molar-refractivity contribution in [1.29, 1.82) is 0 Å². The fraction of sp³-hybridized carbons (Fsp3) is 0.867. The smallest absolute Gasteiger partial charge is 0.327 e. The Hall–Kier alpha value is -0.910. The van der Waals surface area contributed by atoms with Crippen LogP contribution < -0.4 is 5.32 Å². The summed E-state index contributed by atoms with van der Waals surface area (Å²) in [5.74, 6) is -0.410. The zero-order valence-electron chi connectivity index (χ0n) is 13.1. The van der Waals surface area contributed by atoms with Crippen LogP contribution in [0.3, 0.4) is 0 Å². The van der Waals surface area contributed by atoms with Crippen LogP contribution in [0.15, 0.2) is 0 Å². The molecule has 1 heterocycles. The van der Waals surface area contributed by atoms with Crippen LogP contribution in [0.5, 0.6) is 0 Å². The third-order valence-corrected chi connectivity index (χ3v) is 5.80. The molecule has 0 aromatic rings. The Morgan fingerprint density at radius 2 is 2.14 bits per heavy atom. The largest absolute Gasteiger partial charge is 0.480 e.